The minimum atomic E-state index is -1.46. The third kappa shape index (κ3) is 5.90. The maximum Gasteiger partial charge on any atom is 0.508 e. The molecule has 0 spiro atoms. The highest BCUT2D eigenvalue weighted by Gasteiger charge is 2.71. The number of rotatable bonds is 9. The third-order valence-electron chi connectivity index (χ3n) is 16.2. The Morgan fingerprint density at radius 1 is 0.840 bits per heavy atom. The molecule has 1 aliphatic heterocycles. The summed E-state index contributed by atoms with van der Waals surface area (Å²) < 4.78 is 22.3. The summed E-state index contributed by atoms with van der Waals surface area (Å²) in [6.07, 6.45) is 3.61. The first-order valence-corrected chi connectivity index (χ1v) is 19.3. The average Bonchev–Trinajstić information content (AvgIpc) is 3.46. The summed E-state index contributed by atoms with van der Waals surface area (Å²) in [4.78, 5) is 26.0. The lowest BCUT2D eigenvalue weighted by molar-refractivity contribution is -0.239. The molecule has 10 heteroatoms. The third-order valence-corrected chi connectivity index (χ3v) is 16.2. The first-order chi connectivity index (χ1) is 23.5. The zero-order chi connectivity index (χ0) is 36.4. The molecule has 6 fully saturated rings. The number of aliphatic hydroxyl groups is 4. The second-order valence-electron chi connectivity index (χ2n) is 18.5. The molecule has 5 saturated carbocycles. The van der Waals surface area contributed by atoms with Gasteiger partial charge in [-0.05, 0) is 111 Å². The number of aliphatic hydroxyl groups excluding tert-OH is 4. The monoisotopic (exact) mass is 704 g/mol. The lowest BCUT2D eigenvalue weighted by atomic mass is 9.32. The van der Waals surface area contributed by atoms with Gasteiger partial charge in [0.15, 0.2) is 0 Å². The molecule has 0 aromatic carbocycles. The molecule has 10 unspecified atom stereocenters. The summed E-state index contributed by atoms with van der Waals surface area (Å²) in [6, 6.07) is 0. The minimum absolute atomic E-state index is 0.0287. The number of fused-ring (bicyclic) bond motifs is 7. The molecule has 0 aromatic heterocycles. The Bertz CT molecular complexity index is 1300. The average molecular weight is 705 g/mol. The number of ketones is 1. The van der Waals surface area contributed by atoms with E-state index in [1.807, 2.05) is 0 Å². The van der Waals surface area contributed by atoms with Crippen molar-refractivity contribution in [3.8, 4) is 0 Å². The van der Waals surface area contributed by atoms with Gasteiger partial charge in [-0.1, -0.05) is 46.8 Å². The minimum Gasteiger partial charge on any atom is -0.434 e. The molecule has 6 rings (SSSR count). The Morgan fingerprint density at radius 3 is 2.26 bits per heavy atom. The van der Waals surface area contributed by atoms with E-state index in [0.29, 0.717) is 48.4 Å². The summed E-state index contributed by atoms with van der Waals surface area (Å²) >= 11 is 0. The number of ether oxygens (including phenoxy) is 4. The number of allylic oxidation sites excluding steroid dienone is 1. The first kappa shape index (κ1) is 38.2. The van der Waals surface area contributed by atoms with Crippen LogP contribution in [0.15, 0.2) is 12.2 Å². The van der Waals surface area contributed by atoms with E-state index < -0.39 is 43.3 Å². The molecular weight excluding hydrogens is 640 g/mol. The fourth-order valence-corrected chi connectivity index (χ4v) is 13.3. The molecule has 0 amide bonds. The molecule has 1 heterocycles. The predicted octanol–water partition coefficient (Wildman–Crippen LogP) is 5.23. The van der Waals surface area contributed by atoms with Crippen molar-refractivity contribution in [1.29, 1.82) is 0 Å². The number of carbonyl (C=O) groups excluding carboxylic acids is 2. The van der Waals surface area contributed by atoms with Gasteiger partial charge >= 0.3 is 6.16 Å². The van der Waals surface area contributed by atoms with E-state index in [9.17, 15) is 30.0 Å². The number of carbonyl (C=O) groups is 2. The van der Waals surface area contributed by atoms with E-state index in [-0.39, 0.29) is 46.9 Å². The predicted molar refractivity (Wildman–Crippen MR) is 186 cm³/mol. The van der Waals surface area contributed by atoms with Gasteiger partial charge in [-0.15, -0.1) is 0 Å². The van der Waals surface area contributed by atoms with Crippen LogP contribution in [0.5, 0.6) is 0 Å². The van der Waals surface area contributed by atoms with Gasteiger partial charge in [-0.3, -0.25) is 4.79 Å². The Kier molecular flexibility index (Phi) is 10.5. The van der Waals surface area contributed by atoms with Crippen LogP contribution in [0.4, 0.5) is 4.79 Å². The van der Waals surface area contributed by atoms with Gasteiger partial charge < -0.3 is 39.4 Å². The maximum absolute atomic E-state index is 13.1. The van der Waals surface area contributed by atoms with Gasteiger partial charge in [-0.25, -0.2) is 4.79 Å². The Balaban J connectivity index is 1.09. The van der Waals surface area contributed by atoms with Crippen molar-refractivity contribution in [3.05, 3.63) is 12.2 Å². The quantitative estimate of drug-likeness (QED) is 0.143. The van der Waals surface area contributed by atoms with Crippen molar-refractivity contribution < 1.29 is 49.0 Å². The fourth-order valence-electron chi connectivity index (χ4n) is 13.3. The number of hydrogen-bond donors (Lipinski definition) is 4. The Labute approximate surface area is 298 Å². The molecular formula is C40H64O10. The molecule has 10 nitrogen and oxygen atoms in total. The van der Waals surface area contributed by atoms with Gasteiger partial charge in [0.2, 0.25) is 0 Å². The van der Waals surface area contributed by atoms with Crippen LogP contribution < -0.4 is 0 Å². The van der Waals surface area contributed by atoms with Crippen LogP contribution in [0.1, 0.15) is 106 Å². The highest BCUT2D eigenvalue weighted by Crippen LogP contribution is 2.77. The molecule has 14 atom stereocenters. The molecule has 0 radical (unpaired) electrons. The van der Waals surface area contributed by atoms with E-state index in [2.05, 4.69) is 48.1 Å². The summed E-state index contributed by atoms with van der Waals surface area (Å²) in [5.74, 6) is 2.77. The number of hydrogen-bond acceptors (Lipinski definition) is 10. The Morgan fingerprint density at radius 2 is 1.56 bits per heavy atom. The van der Waals surface area contributed by atoms with Gasteiger partial charge in [0.1, 0.15) is 49.5 Å². The van der Waals surface area contributed by atoms with E-state index in [1.54, 1.807) is 0 Å². The lowest BCUT2D eigenvalue weighted by Gasteiger charge is -2.72. The van der Waals surface area contributed by atoms with Crippen LogP contribution >= 0.6 is 0 Å². The molecule has 5 aliphatic carbocycles. The van der Waals surface area contributed by atoms with Gasteiger partial charge in [0.05, 0.1) is 19.8 Å². The smallest absolute Gasteiger partial charge is 0.434 e. The Hall–Kier alpha value is -1.56. The zero-order valence-corrected chi connectivity index (χ0v) is 31.3. The van der Waals surface area contributed by atoms with Gasteiger partial charge in [0, 0.05) is 17.3 Å². The highest BCUT2D eigenvalue weighted by molar-refractivity contribution is 5.85. The van der Waals surface area contributed by atoms with Crippen molar-refractivity contribution in [2.45, 2.75) is 136 Å². The van der Waals surface area contributed by atoms with E-state index in [1.165, 1.54) is 24.8 Å². The molecule has 284 valence electrons. The highest BCUT2D eigenvalue weighted by atomic mass is 16.7. The second kappa shape index (κ2) is 13.7. The molecule has 4 N–H and O–H groups in total. The van der Waals surface area contributed by atoms with Crippen molar-refractivity contribution in [2.75, 3.05) is 33.0 Å². The second-order valence-corrected chi connectivity index (χ2v) is 18.5. The molecule has 0 aromatic rings. The van der Waals surface area contributed by atoms with Gasteiger partial charge in [0.25, 0.3) is 0 Å². The summed E-state index contributed by atoms with van der Waals surface area (Å²) in [6.45, 7) is 18.5. The topological polar surface area (TPSA) is 152 Å². The fraction of sp³-hybridized carbons (Fsp3) is 0.900. The van der Waals surface area contributed by atoms with Crippen LogP contribution in [0.25, 0.3) is 0 Å². The van der Waals surface area contributed by atoms with E-state index in [0.717, 1.165) is 38.5 Å². The van der Waals surface area contributed by atoms with Crippen LogP contribution in [-0.2, 0) is 23.7 Å². The van der Waals surface area contributed by atoms with Crippen molar-refractivity contribution >= 4 is 11.9 Å². The SMILES string of the molecule is C=C(C)[C@@H]1CCC2(COC(=O)OCCOCC3OC(CO)[C@@H](O)C(O)[C@H]3O)CC[C@]3(C)C(CCC4C5(C)CCC(=O)C(C)(C)C5CCC43C)C12. The standard InChI is InChI=1S/C40H64O10/c1-23(2)24-10-15-40(22-49-35(46)48-19-18-47-21-27-33(44)34(45)32(43)26(20-41)50-27)17-16-38(6)25(31(24)40)8-9-29-37(5)13-12-30(42)36(3,4)28(37)11-14-39(29,38)7/h24-29,31-34,41,43-45H,1,8-22H2,2-7H3/t24-,25?,26?,27?,28?,29?,31?,32+,33-,34?,37?,38+,39?,40?/m0/s1. The van der Waals surface area contributed by atoms with E-state index >= 15 is 0 Å². The molecule has 6 aliphatic rings. The normalized spacial score (nSPS) is 48.1. The van der Waals surface area contributed by atoms with Crippen molar-refractivity contribution in [2.24, 2.45) is 56.7 Å². The summed E-state index contributed by atoms with van der Waals surface area (Å²) in [5.41, 5.74) is 1.36. The summed E-state index contributed by atoms with van der Waals surface area (Å²) in [5, 5.41) is 39.6. The maximum atomic E-state index is 13.1. The van der Waals surface area contributed by atoms with Crippen LogP contribution in [0.3, 0.4) is 0 Å². The molecule has 1 saturated heterocycles. The summed E-state index contributed by atoms with van der Waals surface area (Å²) in [7, 11) is 0. The van der Waals surface area contributed by atoms with Crippen molar-refractivity contribution in [3.63, 3.8) is 0 Å². The van der Waals surface area contributed by atoms with E-state index in [4.69, 9.17) is 18.9 Å². The van der Waals surface area contributed by atoms with Gasteiger partial charge in [-0.2, -0.15) is 0 Å². The first-order valence-electron chi connectivity index (χ1n) is 19.3. The largest absolute Gasteiger partial charge is 0.508 e. The van der Waals surface area contributed by atoms with Crippen molar-refractivity contribution in [1.82, 2.24) is 0 Å². The molecule has 50 heavy (non-hydrogen) atoms. The van der Waals surface area contributed by atoms with Crippen LogP contribution in [0, 0.1) is 56.7 Å². The number of Topliss-reactive ketones (excluding diaryl/α,β-unsaturated/α-hetero) is 1. The lowest BCUT2D eigenvalue weighted by Crippen LogP contribution is -2.66. The van der Waals surface area contributed by atoms with Crippen LogP contribution in [0.2, 0.25) is 0 Å². The zero-order valence-electron chi connectivity index (χ0n) is 31.3. The van der Waals surface area contributed by atoms with Crippen LogP contribution in [-0.4, -0.2) is 95.9 Å². The molecule has 0 bridgehead atoms.